The Morgan fingerprint density at radius 2 is 1.60 bits per heavy atom. The quantitative estimate of drug-likeness (QED) is 0.759. The first-order valence-electron chi connectivity index (χ1n) is 8.25. The summed E-state index contributed by atoms with van der Waals surface area (Å²) >= 11 is 0. The van der Waals surface area contributed by atoms with Gasteiger partial charge in [0.25, 0.3) is 5.91 Å². The van der Waals surface area contributed by atoms with Gasteiger partial charge in [-0.05, 0) is 24.6 Å². The van der Waals surface area contributed by atoms with E-state index in [1.807, 2.05) is 36.0 Å². The molecule has 1 fully saturated rings. The Balaban J connectivity index is 1.60. The van der Waals surface area contributed by atoms with E-state index in [1.54, 1.807) is 35.2 Å². The van der Waals surface area contributed by atoms with Crippen molar-refractivity contribution in [2.24, 2.45) is 0 Å². The summed E-state index contributed by atoms with van der Waals surface area (Å²) < 4.78 is 28.5. The second kappa shape index (κ2) is 7.33. The van der Waals surface area contributed by atoms with E-state index in [0.717, 1.165) is 5.56 Å². The molecule has 0 saturated carbocycles. The average Bonchev–Trinajstić information content (AvgIpc) is 2.64. The lowest BCUT2D eigenvalue weighted by atomic mass is 10.3. The Kier molecular flexibility index (Phi) is 5.15. The highest BCUT2D eigenvalue weighted by molar-refractivity contribution is 7.89. The lowest BCUT2D eigenvalue weighted by molar-refractivity contribution is -0.685. The topological polar surface area (TPSA) is 61.6 Å². The number of carbonyl (C=O) groups excluding carboxylic acids is 1. The molecule has 0 bridgehead atoms. The maximum absolute atomic E-state index is 12.6. The second-order valence-electron chi connectivity index (χ2n) is 6.15. The van der Waals surface area contributed by atoms with E-state index >= 15 is 0 Å². The van der Waals surface area contributed by atoms with Gasteiger partial charge in [0.05, 0.1) is 4.90 Å². The van der Waals surface area contributed by atoms with Crippen molar-refractivity contribution in [3.63, 3.8) is 0 Å². The molecule has 0 aliphatic carbocycles. The van der Waals surface area contributed by atoms with Crippen LogP contribution in [0.25, 0.3) is 0 Å². The SMILES string of the molecule is Cc1cc[n+](CC(=O)N2CCN(S(=O)(=O)c3ccccc3)CC2)cc1. The van der Waals surface area contributed by atoms with Crippen LogP contribution >= 0.6 is 0 Å². The lowest BCUT2D eigenvalue weighted by Crippen LogP contribution is -2.53. The van der Waals surface area contributed by atoms with E-state index in [0.29, 0.717) is 31.1 Å². The number of benzene rings is 1. The van der Waals surface area contributed by atoms with E-state index in [4.69, 9.17) is 0 Å². The summed E-state index contributed by atoms with van der Waals surface area (Å²) in [7, 11) is -3.48. The third-order valence-corrected chi connectivity index (χ3v) is 6.26. The van der Waals surface area contributed by atoms with Crippen molar-refractivity contribution in [2.45, 2.75) is 18.4 Å². The molecule has 132 valence electrons. The van der Waals surface area contributed by atoms with Gasteiger partial charge in [-0.15, -0.1) is 0 Å². The summed E-state index contributed by atoms with van der Waals surface area (Å²) in [6.07, 6.45) is 3.76. The number of aromatic nitrogens is 1. The molecule has 0 radical (unpaired) electrons. The zero-order valence-corrected chi connectivity index (χ0v) is 15.0. The number of aryl methyl sites for hydroxylation is 1. The maximum Gasteiger partial charge on any atom is 0.288 e. The van der Waals surface area contributed by atoms with Gasteiger partial charge in [0, 0.05) is 38.3 Å². The van der Waals surface area contributed by atoms with Crippen LogP contribution in [-0.2, 0) is 21.4 Å². The first-order chi connectivity index (χ1) is 12.0. The highest BCUT2D eigenvalue weighted by Gasteiger charge is 2.30. The fourth-order valence-electron chi connectivity index (χ4n) is 2.81. The van der Waals surface area contributed by atoms with Crippen LogP contribution in [0.15, 0.2) is 59.8 Å². The Morgan fingerprint density at radius 1 is 1.00 bits per heavy atom. The Labute approximate surface area is 148 Å². The second-order valence-corrected chi connectivity index (χ2v) is 8.08. The van der Waals surface area contributed by atoms with Crippen LogP contribution in [0.4, 0.5) is 0 Å². The number of rotatable bonds is 4. The van der Waals surface area contributed by atoms with Crippen LogP contribution in [0.1, 0.15) is 5.56 Å². The predicted molar refractivity (Wildman–Crippen MR) is 93.2 cm³/mol. The zero-order valence-electron chi connectivity index (χ0n) is 14.2. The van der Waals surface area contributed by atoms with Crippen LogP contribution in [0, 0.1) is 6.92 Å². The molecule has 0 N–H and O–H groups in total. The fourth-order valence-corrected chi connectivity index (χ4v) is 4.26. The maximum atomic E-state index is 12.6. The third kappa shape index (κ3) is 4.05. The largest absolute Gasteiger partial charge is 0.335 e. The highest BCUT2D eigenvalue weighted by Crippen LogP contribution is 2.17. The smallest absolute Gasteiger partial charge is 0.288 e. The minimum absolute atomic E-state index is 0.00520. The van der Waals surface area contributed by atoms with Gasteiger partial charge >= 0.3 is 0 Å². The fraction of sp³-hybridized carbons (Fsp3) is 0.333. The van der Waals surface area contributed by atoms with E-state index in [9.17, 15) is 13.2 Å². The average molecular weight is 360 g/mol. The van der Waals surface area contributed by atoms with Gasteiger partial charge in [-0.25, -0.2) is 8.42 Å². The molecular formula is C18H22N3O3S+. The molecule has 7 heteroatoms. The minimum atomic E-state index is -3.48. The molecule has 0 spiro atoms. The molecule has 2 aromatic rings. The van der Waals surface area contributed by atoms with Crippen molar-refractivity contribution < 1.29 is 17.8 Å². The normalized spacial score (nSPS) is 16.0. The number of hydrogen-bond acceptors (Lipinski definition) is 3. The predicted octanol–water partition coefficient (Wildman–Crippen LogP) is 0.816. The molecule has 1 aliphatic heterocycles. The van der Waals surface area contributed by atoms with E-state index < -0.39 is 10.0 Å². The molecule has 1 aromatic carbocycles. The van der Waals surface area contributed by atoms with Crippen LogP contribution < -0.4 is 4.57 Å². The van der Waals surface area contributed by atoms with Crippen molar-refractivity contribution in [1.82, 2.24) is 9.21 Å². The molecule has 25 heavy (non-hydrogen) atoms. The molecule has 1 saturated heterocycles. The van der Waals surface area contributed by atoms with Crippen LogP contribution in [0.3, 0.4) is 0 Å². The van der Waals surface area contributed by atoms with Crippen LogP contribution in [0.2, 0.25) is 0 Å². The monoisotopic (exact) mass is 360 g/mol. The van der Waals surface area contributed by atoms with Crippen molar-refractivity contribution >= 4 is 15.9 Å². The standard InChI is InChI=1S/C18H22N3O3S/c1-16-7-9-19(10-8-16)15-18(22)20-11-13-21(14-12-20)25(23,24)17-5-3-2-4-6-17/h2-10H,11-15H2,1H3/q+1. The van der Waals surface area contributed by atoms with Crippen LogP contribution in [0.5, 0.6) is 0 Å². The summed E-state index contributed by atoms with van der Waals surface area (Å²) in [5.41, 5.74) is 1.14. The Bertz CT molecular complexity index is 828. The van der Waals surface area contributed by atoms with E-state index in [2.05, 4.69) is 0 Å². The summed E-state index contributed by atoms with van der Waals surface area (Å²) in [6, 6.07) is 12.3. The number of hydrogen-bond donors (Lipinski definition) is 0. The Morgan fingerprint density at radius 3 is 2.20 bits per heavy atom. The van der Waals surface area contributed by atoms with Crippen molar-refractivity contribution in [3.05, 3.63) is 60.4 Å². The van der Waals surface area contributed by atoms with Gasteiger partial charge in [0.15, 0.2) is 12.4 Å². The number of nitrogens with zero attached hydrogens (tertiary/aromatic N) is 3. The van der Waals surface area contributed by atoms with E-state index in [1.165, 1.54) is 4.31 Å². The van der Waals surface area contributed by atoms with Gasteiger partial charge in [0.2, 0.25) is 16.6 Å². The number of pyridine rings is 1. The molecule has 0 unspecified atom stereocenters. The summed E-state index contributed by atoms with van der Waals surface area (Å²) in [6.45, 7) is 3.74. The number of amides is 1. The number of carbonyl (C=O) groups is 1. The zero-order chi connectivity index (χ0) is 17.9. The molecule has 1 amide bonds. The van der Waals surface area contributed by atoms with E-state index in [-0.39, 0.29) is 12.5 Å². The first-order valence-corrected chi connectivity index (χ1v) is 9.69. The molecule has 3 rings (SSSR count). The molecule has 2 heterocycles. The van der Waals surface area contributed by atoms with Crippen molar-refractivity contribution in [3.8, 4) is 0 Å². The van der Waals surface area contributed by atoms with Crippen LogP contribution in [-0.4, -0.2) is 49.7 Å². The molecule has 6 nitrogen and oxygen atoms in total. The lowest BCUT2D eigenvalue weighted by Gasteiger charge is -2.33. The Hall–Kier alpha value is -2.25. The molecule has 1 aromatic heterocycles. The van der Waals surface area contributed by atoms with Gasteiger partial charge in [-0.2, -0.15) is 8.87 Å². The first kappa shape index (κ1) is 17.6. The molecule has 0 atom stereocenters. The minimum Gasteiger partial charge on any atom is -0.335 e. The molecule has 1 aliphatic rings. The summed E-state index contributed by atoms with van der Waals surface area (Å²) in [4.78, 5) is 14.4. The van der Waals surface area contributed by atoms with Gasteiger partial charge in [0.1, 0.15) is 0 Å². The summed E-state index contributed by atoms with van der Waals surface area (Å²) in [5.74, 6) is 0.00520. The summed E-state index contributed by atoms with van der Waals surface area (Å²) in [5, 5.41) is 0. The van der Waals surface area contributed by atoms with Gasteiger partial charge < -0.3 is 4.90 Å². The third-order valence-electron chi connectivity index (χ3n) is 4.35. The van der Waals surface area contributed by atoms with Gasteiger partial charge in [-0.1, -0.05) is 18.2 Å². The number of sulfonamides is 1. The van der Waals surface area contributed by atoms with Gasteiger partial charge in [-0.3, -0.25) is 4.79 Å². The highest BCUT2D eigenvalue weighted by atomic mass is 32.2. The van der Waals surface area contributed by atoms with Crippen molar-refractivity contribution in [1.29, 1.82) is 0 Å². The van der Waals surface area contributed by atoms with Crippen molar-refractivity contribution in [2.75, 3.05) is 26.2 Å². The number of piperazine rings is 1. The molecular weight excluding hydrogens is 338 g/mol.